The number of hydrogen-bond acceptors (Lipinski definition) is 6. The third-order valence-corrected chi connectivity index (χ3v) is 3.27. The fourth-order valence-corrected chi connectivity index (χ4v) is 1.94. The lowest BCUT2D eigenvalue weighted by Gasteiger charge is -2.21. The molecule has 0 saturated carbocycles. The maximum atomic E-state index is 12.3. The van der Waals surface area contributed by atoms with Crippen molar-refractivity contribution in [2.75, 3.05) is 0 Å². The molecule has 0 aliphatic heterocycles. The van der Waals surface area contributed by atoms with Crippen molar-refractivity contribution in [3.8, 4) is 0 Å². The molecule has 0 aromatic carbocycles. The smallest absolute Gasteiger partial charge is 0.272 e. The summed E-state index contributed by atoms with van der Waals surface area (Å²) in [6, 6.07) is 2.17. The first kappa shape index (κ1) is 18.0. The van der Waals surface area contributed by atoms with Gasteiger partial charge in [-0.25, -0.2) is 4.98 Å². The molecule has 0 bridgehead atoms. The highest BCUT2D eigenvalue weighted by Crippen LogP contribution is 2.03. The zero-order valence-corrected chi connectivity index (χ0v) is 13.8. The molecule has 3 N–H and O–H groups in total. The average Bonchev–Trinajstić information content (AvgIpc) is 2.64. The fraction of sp³-hybridized carbons (Fsp3) is 0.250. The molecule has 0 unspecified atom stereocenters. The zero-order valence-electron chi connectivity index (χ0n) is 13.8. The third-order valence-electron chi connectivity index (χ3n) is 3.27. The number of nitrogens with one attached hydrogen (secondary N) is 3. The summed E-state index contributed by atoms with van der Waals surface area (Å²) in [6.45, 7) is 3.54. The molecule has 1 atom stereocenters. The molecule has 2 heterocycles. The summed E-state index contributed by atoms with van der Waals surface area (Å²) in [6.07, 6.45) is 7.06. The van der Waals surface area contributed by atoms with Crippen LogP contribution in [-0.4, -0.2) is 38.7 Å². The normalized spacial score (nSPS) is 11.5. The Morgan fingerprint density at radius 3 is 2.24 bits per heavy atom. The zero-order chi connectivity index (χ0) is 18.2. The number of pyridine rings is 1. The molecule has 2 aromatic rings. The molecular formula is C16H18N6O3. The van der Waals surface area contributed by atoms with Crippen LogP contribution in [0.4, 0.5) is 0 Å². The largest absolute Gasteiger partial charge is 0.339 e. The summed E-state index contributed by atoms with van der Waals surface area (Å²) in [5.74, 6) is -1.77. The van der Waals surface area contributed by atoms with E-state index in [1.807, 2.05) is 0 Å². The Morgan fingerprint density at radius 2 is 1.64 bits per heavy atom. The molecule has 0 aliphatic rings. The van der Waals surface area contributed by atoms with Crippen molar-refractivity contribution in [3.63, 3.8) is 0 Å². The van der Waals surface area contributed by atoms with Gasteiger partial charge in [0.2, 0.25) is 0 Å². The van der Waals surface area contributed by atoms with Gasteiger partial charge in [-0.2, -0.15) is 0 Å². The number of hydrogen-bond donors (Lipinski definition) is 3. The van der Waals surface area contributed by atoms with Gasteiger partial charge >= 0.3 is 0 Å². The summed E-state index contributed by atoms with van der Waals surface area (Å²) in [5.41, 5.74) is 5.06. The Kier molecular flexibility index (Phi) is 6.10. The molecule has 0 radical (unpaired) electrons. The maximum absolute atomic E-state index is 12.3. The molecule has 2 rings (SSSR count). The van der Waals surface area contributed by atoms with E-state index in [4.69, 9.17) is 0 Å². The lowest BCUT2D eigenvalue weighted by Crippen LogP contribution is -2.54. The van der Waals surface area contributed by atoms with E-state index in [0.29, 0.717) is 5.56 Å². The minimum atomic E-state index is -0.854. The molecule has 0 saturated heterocycles. The highest BCUT2D eigenvalue weighted by atomic mass is 16.2. The van der Waals surface area contributed by atoms with Gasteiger partial charge in [0, 0.05) is 30.4 Å². The molecule has 130 valence electrons. The van der Waals surface area contributed by atoms with E-state index in [1.54, 1.807) is 13.8 Å². The lowest BCUT2D eigenvalue weighted by atomic mass is 10.0. The van der Waals surface area contributed by atoms with E-state index >= 15 is 0 Å². The number of rotatable bonds is 5. The first-order chi connectivity index (χ1) is 12.0. The number of amides is 3. The summed E-state index contributed by atoms with van der Waals surface area (Å²) in [7, 11) is 0. The van der Waals surface area contributed by atoms with Crippen molar-refractivity contribution in [2.24, 2.45) is 5.92 Å². The van der Waals surface area contributed by atoms with Crippen molar-refractivity contribution < 1.29 is 14.4 Å². The molecular weight excluding hydrogens is 324 g/mol. The van der Waals surface area contributed by atoms with E-state index in [-0.39, 0.29) is 11.6 Å². The number of aromatic nitrogens is 3. The van der Waals surface area contributed by atoms with Crippen LogP contribution in [0.5, 0.6) is 0 Å². The first-order valence-corrected chi connectivity index (χ1v) is 7.56. The predicted molar refractivity (Wildman–Crippen MR) is 88.0 cm³/mol. The van der Waals surface area contributed by atoms with E-state index < -0.39 is 23.8 Å². The molecule has 25 heavy (non-hydrogen) atoms. The Balaban J connectivity index is 1.96. The lowest BCUT2D eigenvalue weighted by molar-refractivity contribution is -0.124. The van der Waals surface area contributed by atoms with Gasteiger partial charge in [-0.05, 0) is 18.1 Å². The van der Waals surface area contributed by atoms with Crippen molar-refractivity contribution in [3.05, 3.63) is 54.4 Å². The summed E-state index contributed by atoms with van der Waals surface area (Å²) >= 11 is 0. The monoisotopic (exact) mass is 342 g/mol. The molecule has 0 fully saturated rings. The van der Waals surface area contributed by atoms with E-state index in [9.17, 15) is 14.4 Å². The van der Waals surface area contributed by atoms with Crippen LogP contribution in [0.3, 0.4) is 0 Å². The van der Waals surface area contributed by atoms with Gasteiger partial charge < -0.3 is 5.32 Å². The highest BCUT2D eigenvalue weighted by molar-refractivity contribution is 5.98. The summed E-state index contributed by atoms with van der Waals surface area (Å²) in [4.78, 5) is 47.9. The molecule has 2 aromatic heterocycles. The third kappa shape index (κ3) is 5.06. The second-order valence-electron chi connectivity index (χ2n) is 5.47. The van der Waals surface area contributed by atoms with Crippen LogP contribution in [0.25, 0.3) is 0 Å². The number of carbonyl (C=O) groups is 3. The summed E-state index contributed by atoms with van der Waals surface area (Å²) in [5, 5.41) is 2.58. The van der Waals surface area contributed by atoms with Gasteiger partial charge in [0.25, 0.3) is 17.7 Å². The quantitative estimate of drug-likeness (QED) is 0.661. The van der Waals surface area contributed by atoms with Gasteiger partial charge in [0.05, 0.1) is 6.20 Å². The van der Waals surface area contributed by atoms with Crippen LogP contribution in [0.15, 0.2) is 43.1 Å². The maximum Gasteiger partial charge on any atom is 0.272 e. The van der Waals surface area contributed by atoms with Crippen molar-refractivity contribution >= 4 is 17.7 Å². The van der Waals surface area contributed by atoms with Crippen LogP contribution in [-0.2, 0) is 4.79 Å². The topological polar surface area (TPSA) is 126 Å². The van der Waals surface area contributed by atoms with E-state index in [0.717, 1.165) is 0 Å². The fourth-order valence-electron chi connectivity index (χ4n) is 1.94. The Labute approximate surface area is 144 Å². The Morgan fingerprint density at radius 1 is 0.920 bits per heavy atom. The first-order valence-electron chi connectivity index (χ1n) is 7.56. The Hall–Kier alpha value is -3.36. The van der Waals surface area contributed by atoms with E-state index in [1.165, 1.54) is 43.1 Å². The van der Waals surface area contributed by atoms with Crippen molar-refractivity contribution in [2.45, 2.75) is 19.9 Å². The predicted octanol–water partition coefficient (Wildman–Crippen LogP) is 0.0872. The van der Waals surface area contributed by atoms with Crippen molar-refractivity contribution in [1.82, 2.24) is 31.1 Å². The van der Waals surface area contributed by atoms with Crippen LogP contribution >= 0.6 is 0 Å². The van der Waals surface area contributed by atoms with Gasteiger partial charge in [0.1, 0.15) is 11.7 Å². The average molecular weight is 342 g/mol. The van der Waals surface area contributed by atoms with Crippen LogP contribution in [0, 0.1) is 5.92 Å². The van der Waals surface area contributed by atoms with Gasteiger partial charge in [-0.1, -0.05) is 13.8 Å². The standard InChI is InChI=1S/C16H18N6O3/c1-10(2)13(20-15(24)12-9-18-7-8-19-12)16(25)22-21-14(23)11-3-5-17-6-4-11/h3-10,13H,1-2H3,(H,20,24)(H,21,23)(H,22,25)/t13-/m0/s1. The second-order valence-corrected chi connectivity index (χ2v) is 5.47. The number of hydrazine groups is 1. The molecule has 3 amide bonds. The number of carbonyl (C=O) groups excluding carboxylic acids is 3. The van der Waals surface area contributed by atoms with Gasteiger partial charge in [-0.15, -0.1) is 0 Å². The molecule has 0 aliphatic carbocycles. The van der Waals surface area contributed by atoms with Crippen LogP contribution < -0.4 is 16.2 Å². The molecule has 9 heteroatoms. The van der Waals surface area contributed by atoms with Gasteiger partial charge in [-0.3, -0.25) is 35.2 Å². The SMILES string of the molecule is CC(C)[C@H](NC(=O)c1cnccn1)C(=O)NNC(=O)c1ccncc1. The second kappa shape index (κ2) is 8.48. The van der Waals surface area contributed by atoms with Crippen LogP contribution in [0.1, 0.15) is 34.7 Å². The minimum absolute atomic E-state index is 0.0989. The molecule has 0 spiro atoms. The van der Waals surface area contributed by atoms with E-state index in [2.05, 4.69) is 31.1 Å². The van der Waals surface area contributed by atoms with Gasteiger partial charge in [0.15, 0.2) is 0 Å². The minimum Gasteiger partial charge on any atom is -0.339 e. The highest BCUT2D eigenvalue weighted by Gasteiger charge is 2.25. The van der Waals surface area contributed by atoms with Crippen LogP contribution in [0.2, 0.25) is 0 Å². The number of nitrogens with zero attached hydrogens (tertiary/aromatic N) is 3. The molecule has 9 nitrogen and oxygen atoms in total. The van der Waals surface area contributed by atoms with Crippen molar-refractivity contribution in [1.29, 1.82) is 0 Å². The summed E-state index contributed by atoms with van der Waals surface area (Å²) < 4.78 is 0. The Bertz CT molecular complexity index is 736.